The molecule has 0 aromatic carbocycles. The fourth-order valence-electron chi connectivity index (χ4n) is 5.99. The summed E-state index contributed by atoms with van der Waals surface area (Å²) >= 11 is 7.50. The van der Waals surface area contributed by atoms with Crippen LogP contribution in [0.1, 0.15) is 62.3 Å². The van der Waals surface area contributed by atoms with E-state index < -0.39 is 58.9 Å². The average molecular weight is 647 g/mol. The van der Waals surface area contributed by atoms with Gasteiger partial charge in [-0.25, -0.2) is 0 Å². The Hall–Kier alpha value is -0.0844. The van der Waals surface area contributed by atoms with Gasteiger partial charge in [0.25, 0.3) is 0 Å². The summed E-state index contributed by atoms with van der Waals surface area (Å²) in [4.78, 5) is 15.4. The van der Waals surface area contributed by atoms with Crippen molar-refractivity contribution in [2.45, 2.75) is 109 Å². The molecule has 0 saturated carbocycles. The van der Waals surface area contributed by atoms with Crippen molar-refractivity contribution in [1.29, 1.82) is 0 Å². The number of amidine groups is 2. The molecule has 2 unspecified atom stereocenters. The van der Waals surface area contributed by atoms with Crippen molar-refractivity contribution in [3.05, 3.63) is 0 Å². The van der Waals surface area contributed by atoms with Crippen molar-refractivity contribution in [2.75, 3.05) is 6.67 Å². The first-order valence-corrected chi connectivity index (χ1v) is 16.5. The molecule has 3 aliphatic heterocycles. The molecule has 202 valence electrons. The van der Waals surface area contributed by atoms with E-state index in [9.17, 15) is 15.3 Å². The Bertz CT molecular complexity index is 1020. The first kappa shape index (κ1) is 30.5. The van der Waals surface area contributed by atoms with Gasteiger partial charge in [0.05, 0.1) is 0 Å². The summed E-state index contributed by atoms with van der Waals surface area (Å²) in [5, 5.41) is 34.7. The molecule has 3 heterocycles. The van der Waals surface area contributed by atoms with E-state index in [1.54, 1.807) is 0 Å². The standard InChI is InChI=1S/C24H42ClN5O4Si.Sn/c1-18(2,3)15(31)16-21(32,19(4,5)6)23(33,20(7,8)9)24(34-16,35(10)11)30-13-28-14-17(30)27-12-29-22(14,25)26;/h15-16,31-33H,13,26H2,1-11H3;/t15?,16-,21+,22?,23-,24+;/m1./s1. The predicted molar refractivity (Wildman–Crippen MR) is 147 cm³/mol. The number of nitrogens with two attached hydrogens (primary N) is 1. The first-order chi connectivity index (χ1) is 15.9. The van der Waals surface area contributed by atoms with E-state index in [1.807, 2.05) is 80.3 Å². The fourth-order valence-corrected chi connectivity index (χ4v) is 9.59. The molecule has 9 nitrogen and oxygen atoms in total. The molecule has 36 heavy (non-hydrogen) atoms. The van der Waals surface area contributed by atoms with Gasteiger partial charge in [0.2, 0.25) is 0 Å². The Morgan fingerprint density at radius 3 is 2.06 bits per heavy atom. The Kier molecular flexibility index (Phi) is 7.37. The van der Waals surface area contributed by atoms with Gasteiger partial charge in [0, 0.05) is 0 Å². The molecular formula is C24H42ClN5O4SiSn. The van der Waals surface area contributed by atoms with Crippen LogP contribution in [0, 0.1) is 16.2 Å². The van der Waals surface area contributed by atoms with Gasteiger partial charge in [0.1, 0.15) is 0 Å². The molecule has 0 amide bonds. The molecule has 0 aromatic heterocycles. The number of alkyl halides is 1. The number of fused-ring (bicyclic) bond motifs is 1. The zero-order valence-corrected chi connectivity index (χ0v) is 28.0. The van der Waals surface area contributed by atoms with Crippen molar-refractivity contribution in [2.24, 2.45) is 37.0 Å². The third-order valence-electron chi connectivity index (χ3n) is 7.86. The van der Waals surface area contributed by atoms with Gasteiger partial charge in [-0.05, 0) is 0 Å². The Morgan fingerprint density at radius 2 is 1.64 bits per heavy atom. The van der Waals surface area contributed by atoms with Gasteiger partial charge in [-0.1, -0.05) is 0 Å². The van der Waals surface area contributed by atoms with Crippen LogP contribution in [0.15, 0.2) is 15.0 Å². The number of hydrogen-bond donors (Lipinski definition) is 4. The van der Waals surface area contributed by atoms with Crippen LogP contribution in [-0.4, -0.2) is 107 Å². The number of hydrogen-bond acceptors (Lipinski definition) is 9. The van der Waals surface area contributed by atoms with Gasteiger partial charge < -0.3 is 0 Å². The SMILES string of the molecule is C[Si](C)[C@@]1(N2CN=C3C2=N[C]([Sn])=NC3(N)Cl)O[C@H](C(O)C(C)(C)C)[C@](O)(C(C)(C)C)[C@]1(O)C(C)(C)C. The number of aliphatic hydroxyl groups excluding tert-OH is 1. The number of rotatable bonds is 3. The number of ether oxygens (including phenoxy) is 1. The Balaban J connectivity index is 2.43. The Labute approximate surface area is 235 Å². The van der Waals surface area contributed by atoms with Crippen LogP contribution in [-0.2, 0) is 4.74 Å². The summed E-state index contributed by atoms with van der Waals surface area (Å²) in [6, 6.07) is 0. The Morgan fingerprint density at radius 1 is 1.11 bits per heavy atom. The molecule has 12 heteroatoms. The van der Waals surface area contributed by atoms with Gasteiger partial charge in [-0.2, -0.15) is 0 Å². The van der Waals surface area contributed by atoms with Crippen LogP contribution < -0.4 is 5.73 Å². The van der Waals surface area contributed by atoms with Crippen molar-refractivity contribution < 1.29 is 20.1 Å². The van der Waals surface area contributed by atoms with Crippen LogP contribution in [0.5, 0.6) is 0 Å². The predicted octanol–water partition coefficient (Wildman–Crippen LogP) is 1.84. The second kappa shape index (κ2) is 8.71. The van der Waals surface area contributed by atoms with E-state index in [0.717, 1.165) is 22.5 Å². The minimum atomic E-state index is -1.88. The van der Waals surface area contributed by atoms with Crippen LogP contribution >= 0.6 is 11.6 Å². The summed E-state index contributed by atoms with van der Waals surface area (Å²) in [5.41, 5.74) is 0.417. The van der Waals surface area contributed by atoms with Crippen LogP contribution in [0.3, 0.4) is 0 Å². The molecule has 0 bridgehead atoms. The zero-order valence-electron chi connectivity index (χ0n) is 23.4. The summed E-state index contributed by atoms with van der Waals surface area (Å²) < 4.78 is 7.43. The summed E-state index contributed by atoms with van der Waals surface area (Å²) in [5.74, 6) is 0.394. The molecule has 0 aromatic rings. The topological polar surface area (TPSA) is 136 Å². The minimum absolute atomic E-state index is 0.0749. The molecule has 1 fully saturated rings. The number of aliphatic hydroxyl groups is 3. The maximum absolute atomic E-state index is 13.2. The number of nitrogens with zero attached hydrogens (tertiary/aromatic N) is 4. The molecule has 6 atom stereocenters. The number of halogens is 1. The summed E-state index contributed by atoms with van der Waals surface area (Å²) in [6.07, 6.45) is -2.21. The molecule has 3 rings (SSSR count). The third-order valence-corrected chi connectivity index (χ3v) is 10.9. The van der Waals surface area contributed by atoms with Gasteiger partial charge in [-0.15, -0.1) is 0 Å². The van der Waals surface area contributed by atoms with Crippen LogP contribution in [0.4, 0.5) is 0 Å². The zero-order chi connectivity index (χ0) is 28.1. The second-order valence-electron chi connectivity index (χ2n) is 13.6. The van der Waals surface area contributed by atoms with Gasteiger partial charge >= 0.3 is 236 Å². The van der Waals surface area contributed by atoms with E-state index >= 15 is 0 Å². The van der Waals surface area contributed by atoms with E-state index in [1.165, 1.54) is 0 Å². The van der Waals surface area contributed by atoms with Crippen LogP contribution in [0.25, 0.3) is 0 Å². The van der Waals surface area contributed by atoms with Crippen molar-refractivity contribution in [3.63, 3.8) is 0 Å². The summed E-state index contributed by atoms with van der Waals surface area (Å²) in [6.45, 7) is 21.1. The van der Waals surface area contributed by atoms with Gasteiger partial charge in [0.15, 0.2) is 0 Å². The first-order valence-electron chi connectivity index (χ1n) is 12.2. The average Bonchev–Trinajstić information content (AvgIpc) is 3.17. The molecule has 0 spiro atoms. The summed E-state index contributed by atoms with van der Waals surface area (Å²) in [7, 11) is -1.67. The quantitative estimate of drug-likeness (QED) is 0.210. The van der Waals surface area contributed by atoms with Crippen molar-refractivity contribution >= 4 is 58.3 Å². The van der Waals surface area contributed by atoms with Crippen LogP contribution in [0.2, 0.25) is 13.1 Å². The van der Waals surface area contributed by atoms with Crippen molar-refractivity contribution in [1.82, 2.24) is 4.90 Å². The van der Waals surface area contributed by atoms with Gasteiger partial charge in [-0.3, -0.25) is 0 Å². The second-order valence-corrected chi connectivity index (χ2v) is 18.1. The molecule has 1 saturated heterocycles. The normalized spacial score (nSPS) is 38.7. The third kappa shape index (κ3) is 3.91. The monoisotopic (exact) mass is 647 g/mol. The molecule has 3 aliphatic rings. The van der Waals surface area contributed by atoms with E-state index in [2.05, 4.69) is 15.0 Å². The number of aliphatic imine (C=N–C) groups is 3. The van der Waals surface area contributed by atoms with E-state index in [4.69, 9.17) is 22.1 Å². The van der Waals surface area contributed by atoms with E-state index in [-0.39, 0.29) is 6.67 Å². The molecular weight excluding hydrogens is 605 g/mol. The molecule has 4 radical (unpaired) electrons. The fraction of sp³-hybridized carbons (Fsp3) is 0.875. The molecule has 5 N–H and O–H groups in total. The maximum atomic E-state index is 13.2. The molecule has 0 aliphatic carbocycles. The van der Waals surface area contributed by atoms with Crippen molar-refractivity contribution in [3.8, 4) is 0 Å². The van der Waals surface area contributed by atoms with E-state index in [0.29, 0.717) is 15.4 Å².